The molecule has 1 aliphatic heterocycles. The predicted molar refractivity (Wildman–Crippen MR) is 87.7 cm³/mol. The van der Waals surface area contributed by atoms with Gasteiger partial charge in [-0.15, -0.1) is 0 Å². The fourth-order valence-electron chi connectivity index (χ4n) is 2.97. The summed E-state index contributed by atoms with van der Waals surface area (Å²) >= 11 is 0. The number of nitrogens with zero attached hydrogens (tertiary/aromatic N) is 1. The van der Waals surface area contributed by atoms with Gasteiger partial charge < -0.3 is 10.2 Å². The normalized spacial score (nSPS) is 20.0. The van der Waals surface area contributed by atoms with Crippen LogP contribution in [0.5, 0.6) is 0 Å². The molecule has 1 aromatic carbocycles. The fraction of sp³-hybridized carbons (Fsp3) is 0.625. The van der Waals surface area contributed by atoms with Gasteiger partial charge in [-0.25, -0.2) is 8.42 Å². The SMILES string of the molecule is CCCS(=O)(=O)c1ccccc1N(C)C1CCCNCC1. The monoisotopic (exact) mass is 310 g/mol. The zero-order chi connectivity index (χ0) is 15.3. The zero-order valence-electron chi connectivity index (χ0n) is 13.0. The number of para-hydroxylation sites is 1. The van der Waals surface area contributed by atoms with E-state index in [2.05, 4.69) is 10.2 Å². The number of benzene rings is 1. The second-order valence-electron chi connectivity index (χ2n) is 5.73. The molecule has 0 bridgehead atoms. The predicted octanol–water partition coefficient (Wildman–Crippen LogP) is 2.45. The zero-order valence-corrected chi connectivity index (χ0v) is 13.8. The Bertz CT molecular complexity index is 549. The smallest absolute Gasteiger partial charge is 0.180 e. The Morgan fingerprint density at radius 1 is 1.24 bits per heavy atom. The first-order valence-electron chi connectivity index (χ1n) is 7.81. The lowest BCUT2D eigenvalue weighted by molar-refractivity contribution is 0.561. The first-order chi connectivity index (χ1) is 10.1. The summed E-state index contributed by atoms with van der Waals surface area (Å²) in [7, 11) is -1.17. The lowest BCUT2D eigenvalue weighted by atomic mass is 10.1. The summed E-state index contributed by atoms with van der Waals surface area (Å²) in [4.78, 5) is 2.64. The molecule has 0 radical (unpaired) electrons. The molecule has 4 nitrogen and oxygen atoms in total. The average Bonchev–Trinajstić information content (AvgIpc) is 2.75. The van der Waals surface area contributed by atoms with Crippen LogP contribution in [-0.4, -0.2) is 40.3 Å². The fourth-order valence-corrected chi connectivity index (χ4v) is 4.55. The van der Waals surface area contributed by atoms with Crippen LogP contribution in [0.1, 0.15) is 32.6 Å². The van der Waals surface area contributed by atoms with Crippen molar-refractivity contribution in [2.45, 2.75) is 43.5 Å². The number of anilines is 1. The summed E-state index contributed by atoms with van der Waals surface area (Å²) in [6.07, 6.45) is 3.94. The lowest BCUT2D eigenvalue weighted by Gasteiger charge is -2.30. The van der Waals surface area contributed by atoms with Crippen LogP contribution >= 0.6 is 0 Å². The van der Waals surface area contributed by atoms with Crippen molar-refractivity contribution in [3.8, 4) is 0 Å². The first kappa shape index (κ1) is 16.3. The number of rotatable bonds is 5. The molecule has 118 valence electrons. The van der Waals surface area contributed by atoms with Crippen molar-refractivity contribution in [3.05, 3.63) is 24.3 Å². The quantitative estimate of drug-likeness (QED) is 0.907. The highest BCUT2D eigenvalue weighted by molar-refractivity contribution is 7.91. The van der Waals surface area contributed by atoms with E-state index in [0.717, 1.165) is 38.0 Å². The van der Waals surface area contributed by atoms with E-state index in [0.29, 0.717) is 17.4 Å². The molecule has 5 heteroatoms. The second-order valence-corrected chi connectivity index (χ2v) is 7.81. The van der Waals surface area contributed by atoms with Crippen LogP contribution in [-0.2, 0) is 9.84 Å². The van der Waals surface area contributed by atoms with Crippen LogP contribution in [0.25, 0.3) is 0 Å². The maximum Gasteiger partial charge on any atom is 0.180 e. The Kier molecular flexibility index (Phi) is 5.65. The van der Waals surface area contributed by atoms with Gasteiger partial charge in [-0.05, 0) is 50.9 Å². The summed E-state index contributed by atoms with van der Waals surface area (Å²) in [5.41, 5.74) is 0.845. The number of sulfone groups is 1. The van der Waals surface area contributed by atoms with Crippen LogP contribution < -0.4 is 10.2 Å². The Morgan fingerprint density at radius 3 is 2.76 bits per heavy atom. The van der Waals surface area contributed by atoms with Crippen molar-refractivity contribution < 1.29 is 8.42 Å². The third-order valence-corrected chi connectivity index (χ3v) is 6.11. The van der Waals surface area contributed by atoms with E-state index in [9.17, 15) is 8.42 Å². The molecular formula is C16H26N2O2S. The van der Waals surface area contributed by atoms with Gasteiger partial charge in [-0.3, -0.25) is 0 Å². The van der Waals surface area contributed by atoms with Crippen molar-refractivity contribution in [3.63, 3.8) is 0 Å². The standard InChI is InChI=1S/C16H26N2O2S/c1-3-13-21(19,20)16-9-5-4-8-15(16)18(2)14-7-6-11-17-12-10-14/h4-5,8-9,14,17H,3,6-7,10-13H2,1-2H3. The Morgan fingerprint density at radius 2 is 2.00 bits per heavy atom. The van der Waals surface area contributed by atoms with Gasteiger partial charge in [0.2, 0.25) is 0 Å². The topological polar surface area (TPSA) is 49.4 Å². The molecule has 0 aliphatic carbocycles. The van der Waals surface area contributed by atoms with Gasteiger partial charge in [-0.1, -0.05) is 19.1 Å². The molecule has 1 aromatic rings. The van der Waals surface area contributed by atoms with Crippen LogP contribution in [0, 0.1) is 0 Å². The molecule has 1 N–H and O–H groups in total. The molecule has 0 saturated carbocycles. The van der Waals surface area contributed by atoms with E-state index in [1.165, 1.54) is 0 Å². The molecule has 1 heterocycles. The molecule has 0 spiro atoms. The highest BCUT2D eigenvalue weighted by atomic mass is 32.2. The summed E-state index contributed by atoms with van der Waals surface area (Å²) < 4.78 is 24.9. The van der Waals surface area contributed by atoms with E-state index in [4.69, 9.17) is 0 Å². The maximum atomic E-state index is 12.5. The minimum absolute atomic E-state index is 0.212. The largest absolute Gasteiger partial charge is 0.371 e. The van der Waals surface area contributed by atoms with E-state index < -0.39 is 9.84 Å². The third-order valence-electron chi connectivity index (χ3n) is 4.15. The number of hydrogen-bond donors (Lipinski definition) is 1. The van der Waals surface area contributed by atoms with Crippen molar-refractivity contribution in [1.29, 1.82) is 0 Å². The molecule has 21 heavy (non-hydrogen) atoms. The Balaban J connectivity index is 2.30. The van der Waals surface area contributed by atoms with Gasteiger partial charge in [-0.2, -0.15) is 0 Å². The molecule has 2 rings (SSSR count). The van der Waals surface area contributed by atoms with Gasteiger partial charge in [0.25, 0.3) is 0 Å². The molecule has 1 atom stereocenters. The molecule has 1 saturated heterocycles. The van der Waals surface area contributed by atoms with Crippen LogP contribution in [0.15, 0.2) is 29.2 Å². The summed E-state index contributed by atoms with van der Waals surface area (Å²) in [5.74, 6) is 0.212. The summed E-state index contributed by atoms with van der Waals surface area (Å²) in [6.45, 7) is 3.96. The average molecular weight is 310 g/mol. The number of hydrogen-bond acceptors (Lipinski definition) is 4. The minimum Gasteiger partial charge on any atom is -0.371 e. The van der Waals surface area contributed by atoms with Gasteiger partial charge in [0, 0.05) is 13.1 Å². The first-order valence-corrected chi connectivity index (χ1v) is 9.47. The highest BCUT2D eigenvalue weighted by Gasteiger charge is 2.23. The molecule has 1 aliphatic rings. The maximum absolute atomic E-state index is 12.5. The van der Waals surface area contributed by atoms with E-state index in [1.54, 1.807) is 6.07 Å². The summed E-state index contributed by atoms with van der Waals surface area (Å²) in [5, 5.41) is 3.40. The van der Waals surface area contributed by atoms with Crippen LogP contribution in [0.3, 0.4) is 0 Å². The van der Waals surface area contributed by atoms with E-state index in [-0.39, 0.29) is 5.75 Å². The van der Waals surface area contributed by atoms with Crippen molar-refractivity contribution >= 4 is 15.5 Å². The summed E-state index contributed by atoms with van der Waals surface area (Å²) in [6, 6.07) is 7.81. The van der Waals surface area contributed by atoms with E-state index in [1.807, 2.05) is 32.2 Å². The molecule has 1 fully saturated rings. The lowest BCUT2D eigenvalue weighted by Crippen LogP contribution is -2.33. The molecule has 1 unspecified atom stereocenters. The minimum atomic E-state index is -3.19. The third kappa shape index (κ3) is 3.98. The van der Waals surface area contributed by atoms with Gasteiger partial charge >= 0.3 is 0 Å². The van der Waals surface area contributed by atoms with Crippen molar-refractivity contribution in [2.24, 2.45) is 0 Å². The Hall–Kier alpha value is -1.07. The van der Waals surface area contributed by atoms with Gasteiger partial charge in [0.1, 0.15) is 0 Å². The highest BCUT2D eigenvalue weighted by Crippen LogP contribution is 2.29. The number of nitrogens with one attached hydrogen (secondary N) is 1. The van der Waals surface area contributed by atoms with Crippen LogP contribution in [0.4, 0.5) is 5.69 Å². The van der Waals surface area contributed by atoms with E-state index >= 15 is 0 Å². The van der Waals surface area contributed by atoms with Crippen LogP contribution in [0.2, 0.25) is 0 Å². The van der Waals surface area contributed by atoms with Crippen molar-refractivity contribution in [2.75, 3.05) is 30.8 Å². The van der Waals surface area contributed by atoms with Gasteiger partial charge in [0.15, 0.2) is 9.84 Å². The molecule has 0 aromatic heterocycles. The second kappa shape index (κ2) is 7.27. The molecular weight excluding hydrogens is 284 g/mol. The van der Waals surface area contributed by atoms with Gasteiger partial charge in [0.05, 0.1) is 16.3 Å². The molecule has 0 amide bonds. The van der Waals surface area contributed by atoms with Crippen molar-refractivity contribution in [1.82, 2.24) is 5.32 Å². The Labute approximate surface area is 128 Å².